The summed E-state index contributed by atoms with van der Waals surface area (Å²) in [4.78, 5) is 0. The molecule has 0 aromatic heterocycles. The normalized spacial score (nSPS) is 11.2. The second-order valence-corrected chi connectivity index (χ2v) is 6.38. The summed E-state index contributed by atoms with van der Waals surface area (Å²) in [6, 6.07) is 25.9. The Bertz CT molecular complexity index is 823. The van der Waals surface area contributed by atoms with Crippen LogP contribution in [0.15, 0.2) is 78.9 Å². The molecule has 4 heteroatoms. The second-order valence-electron chi connectivity index (χ2n) is 6.38. The van der Waals surface area contributed by atoms with E-state index in [0.29, 0.717) is 24.5 Å². The largest absolute Gasteiger partial charge is 0.493 e. The lowest BCUT2D eigenvalue weighted by atomic mass is 9.79. The molecule has 0 atom stereocenters. The molecule has 3 rings (SSSR count). The Kier molecular flexibility index (Phi) is 6.69. The number of ether oxygens (including phenoxy) is 3. The van der Waals surface area contributed by atoms with Gasteiger partial charge in [0.15, 0.2) is 11.5 Å². The smallest absolute Gasteiger partial charge is 0.167 e. The Labute approximate surface area is 166 Å². The number of hydrogen-bond acceptors (Lipinski definition) is 4. The van der Waals surface area contributed by atoms with Crippen LogP contribution in [0.1, 0.15) is 23.1 Å². The number of methoxy groups -OCH3 is 2. The lowest BCUT2D eigenvalue weighted by molar-refractivity contribution is 0.00434. The third-order valence-electron chi connectivity index (χ3n) is 4.76. The van der Waals surface area contributed by atoms with E-state index in [1.54, 1.807) is 14.2 Å². The van der Waals surface area contributed by atoms with E-state index >= 15 is 0 Å². The van der Waals surface area contributed by atoms with Crippen LogP contribution >= 0.6 is 0 Å². The number of aliphatic hydroxyl groups is 1. The summed E-state index contributed by atoms with van der Waals surface area (Å²) < 4.78 is 17.9. The number of aliphatic hydroxyl groups excluding tert-OH is 1. The van der Waals surface area contributed by atoms with Gasteiger partial charge in [-0.1, -0.05) is 72.8 Å². The predicted molar refractivity (Wildman–Crippen MR) is 110 cm³/mol. The van der Waals surface area contributed by atoms with Gasteiger partial charge in [0.25, 0.3) is 0 Å². The zero-order valence-corrected chi connectivity index (χ0v) is 16.3. The number of rotatable bonds is 9. The molecule has 0 saturated heterocycles. The van der Waals surface area contributed by atoms with Crippen molar-refractivity contribution >= 4 is 0 Å². The molecule has 0 heterocycles. The molecule has 1 N–H and O–H groups in total. The SMILES string of the molecule is COc1cccc(C(OCCCO)(c2ccccc2)c2ccccc2)c1OC. The average molecular weight is 378 g/mol. The summed E-state index contributed by atoms with van der Waals surface area (Å²) in [7, 11) is 3.26. The second kappa shape index (κ2) is 9.40. The monoisotopic (exact) mass is 378 g/mol. The lowest BCUT2D eigenvalue weighted by Crippen LogP contribution is -2.34. The first-order valence-electron chi connectivity index (χ1n) is 9.35. The molecule has 146 valence electrons. The maximum absolute atomic E-state index is 9.33. The van der Waals surface area contributed by atoms with Gasteiger partial charge in [-0.2, -0.15) is 0 Å². The molecule has 4 nitrogen and oxygen atoms in total. The van der Waals surface area contributed by atoms with Crippen molar-refractivity contribution in [2.75, 3.05) is 27.4 Å². The van der Waals surface area contributed by atoms with Crippen molar-refractivity contribution in [2.45, 2.75) is 12.0 Å². The van der Waals surface area contributed by atoms with Gasteiger partial charge in [0.2, 0.25) is 0 Å². The molecule has 3 aromatic carbocycles. The molecule has 0 fully saturated rings. The van der Waals surface area contributed by atoms with Gasteiger partial charge in [-0.15, -0.1) is 0 Å². The Balaban J connectivity index is 2.33. The van der Waals surface area contributed by atoms with Crippen molar-refractivity contribution in [2.24, 2.45) is 0 Å². The maximum Gasteiger partial charge on any atom is 0.167 e. The van der Waals surface area contributed by atoms with Crippen molar-refractivity contribution in [3.8, 4) is 11.5 Å². The average Bonchev–Trinajstić information content (AvgIpc) is 2.77. The highest BCUT2D eigenvalue weighted by molar-refractivity contribution is 5.57. The molecule has 28 heavy (non-hydrogen) atoms. The summed E-state index contributed by atoms with van der Waals surface area (Å²) in [5, 5.41) is 9.33. The molecule has 0 aliphatic carbocycles. The first-order chi connectivity index (χ1) is 13.8. The van der Waals surface area contributed by atoms with E-state index in [2.05, 4.69) is 0 Å². The third kappa shape index (κ3) is 3.75. The summed E-state index contributed by atoms with van der Waals surface area (Å²) in [6.07, 6.45) is 0.535. The van der Waals surface area contributed by atoms with E-state index in [1.807, 2.05) is 78.9 Å². The van der Waals surface area contributed by atoms with Gasteiger partial charge in [0, 0.05) is 12.2 Å². The predicted octanol–water partition coefficient (Wildman–Crippen LogP) is 4.39. The van der Waals surface area contributed by atoms with Crippen LogP contribution in [0, 0.1) is 0 Å². The third-order valence-corrected chi connectivity index (χ3v) is 4.76. The summed E-state index contributed by atoms with van der Waals surface area (Å²) >= 11 is 0. The standard InChI is InChI=1S/C24H26O4/c1-26-22-16-9-15-21(23(22)27-2)24(28-18-10-17-25,19-11-5-3-6-12-19)20-13-7-4-8-14-20/h3-9,11-16,25H,10,17-18H2,1-2H3. The summed E-state index contributed by atoms with van der Waals surface area (Å²) in [5.41, 5.74) is 1.90. The van der Waals surface area contributed by atoms with Gasteiger partial charge in [0.05, 0.1) is 20.8 Å². The van der Waals surface area contributed by atoms with Crippen LogP contribution in [0.5, 0.6) is 11.5 Å². The van der Waals surface area contributed by atoms with E-state index in [-0.39, 0.29) is 6.61 Å². The molecule has 3 aromatic rings. The minimum absolute atomic E-state index is 0.0644. The molecule has 0 spiro atoms. The van der Waals surface area contributed by atoms with Crippen LogP contribution in [0.3, 0.4) is 0 Å². The molecule has 0 radical (unpaired) electrons. The Morgan fingerprint density at radius 3 is 1.86 bits per heavy atom. The van der Waals surface area contributed by atoms with Gasteiger partial charge in [-0.05, 0) is 23.6 Å². The topological polar surface area (TPSA) is 47.9 Å². The van der Waals surface area contributed by atoms with E-state index in [1.165, 1.54) is 0 Å². The highest BCUT2D eigenvalue weighted by Gasteiger charge is 2.40. The highest BCUT2D eigenvalue weighted by Crippen LogP contribution is 2.47. The van der Waals surface area contributed by atoms with Crippen LogP contribution in [-0.2, 0) is 10.3 Å². The Hall–Kier alpha value is -2.82. The van der Waals surface area contributed by atoms with Gasteiger partial charge < -0.3 is 19.3 Å². The van der Waals surface area contributed by atoms with Crippen LogP contribution in [0.25, 0.3) is 0 Å². The van der Waals surface area contributed by atoms with Gasteiger partial charge in [-0.3, -0.25) is 0 Å². The van der Waals surface area contributed by atoms with E-state index < -0.39 is 5.60 Å². The lowest BCUT2D eigenvalue weighted by Gasteiger charge is -2.37. The fraction of sp³-hybridized carbons (Fsp3) is 0.250. The quantitative estimate of drug-likeness (QED) is 0.443. The first-order valence-corrected chi connectivity index (χ1v) is 9.35. The van der Waals surface area contributed by atoms with Crippen LogP contribution < -0.4 is 9.47 Å². The molecule has 0 unspecified atom stereocenters. The summed E-state index contributed by atoms with van der Waals surface area (Å²) in [5.74, 6) is 1.27. The van der Waals surface area contributed by atoms with Gasteiger partial charge in [0.1, 0.15) is 5.60 Å². The Morgan fingerprint density at radius 1 is 0.750 bits per heavy atom. The van der Waals surface area contributed by atoms with E-state index in [0.717, 1.165) is 16.7 Å². The molecule has 0 amide bonds. The zero-order valence-electron chi connectivity index (χ0n) is 16.3. The van der Waals surface area contributed by atoms with E-state index in [9.17, 15) is 5.11 Å². The van der Waals surface area contributed by atoms with Crippen molar-refractivity contribution in [3.05, 3.63) is 95.6 Å². The van der Waals surface area contributed by atoms with E-state index in [4.69, 9.17) is 14.2 Å². The number of hydrogen-bond donors (Lipinski definition) is 1. The fourth-order valence-electron chi connectivity index (χ4n) is 3.52. The molecule has 0 saturated carbocycles. The summed E-state index contributed by atoms with van der Waals surface area (Å²) in [6.45, 7) is 0.454. The Morgan fingerprint density at radius 2 is 1.36 bits per heavy atom. The maximum atomic E-state index is 9.33. The van der Waals surface area contributed by atoms with Crippen LogP contribution in [0.2, 0.25) is 0 Å². The molecule has 0 aliphatic heterocycles. The number of para-hydroxylation sites is 1. The molecule has 0 bridgehead atoms. The molecular formula is C24H26O4. The van der Waals surface area contributed by atoms with Gasteiger partial charge >= 0.3 is 0 Å². The van der Waals surface area contributed by atoms with Crippen LogP contribution in [-0.4, -0.2) is 32.5 Å². The number of benzene rings is 3. The van der Waals surface area contributed by atoms with Crippen molar-refractivity contribution < 1.29 is 19.3 Å². The molecule has 0 aliphatic rings. The van der Waals surface area contributed by atoms with Crippen molar-refractivity contribution in [1.82, 2.24) is 0 Å². The van der Waals surface area contributed by atoms with Gasteiger partial charge in [-0.25, -0.2) is 0 Å². The first kappa shape index (κ1) is 19.9. The zero-order chi connectivity index (χ0) is 19.8. The minimum atomic E-state index is -0.905. The fourth-order valence-corrected chi connectivity index (χ4v) is 3.52. The van der Waals surface area contributed by atoms with Crippen LogP contribution in [0.4, 0.5) is 0 Å². The van der Waals surface area contributed by atoms with Crippen molar-refractivity contribution in [1.29, 1.82) is 0 Å². The molecular weight excluding hydrogens is 352 g/mol. The van der Waals surface area contributed by atoms with Crippen molar-refractivity contribution in [3.63, 3.8) is 0 Å². The minimum Gasteiger partial charge on any atom is -0.493 e. The highest BCUT2D eigenvalue weighted by atomic mass is 16.5.